The first-order valence-electron chi connectivity index (χ1n) is 4.37. The fourth-order valence-electron chi connectivity index (χ4n) is 1.20. The lowest BCUT2D eigenvalue weighted by molar-refractivity contribution is -0.137. The maximum atomic E-state index is 12.2. The van der Waals surface area contributed by atoms with Gasteiger partial charge in [0.25, 0.3) is 0 Å². The molecule has 5 heteroatoms. The summed E-state index contributed by atoms with van der Waals surface area (Å²) in [6.45, 7) is 0.283. The molecule has 0 heterocycles. The maximum Gasteiger partial charge on any atom is 0.416 e. The Labute approximate surface area is 85.8 Å². The van der Waals surface area contributed by atoms with Gasteiger partial charge in [-0.25, -0.2) is 0 Å². The summed E-state index contributed by atoms with van der Waals surface area (Å²) >= 11 is 0. The van der Waals surface area contributed by atoms with Gasteiger partial charge in [-0.1, -0.05) is 12.1 Å². The fraction of sp³-hybridized carbons (Fsp3) is 0.400. The minimum absolute atomic E-state index is 0.283. The zero-order valence-electron chi connectivity index (χ0n) is 8.21. The first-order valence-corrected chi connectivity index (χ1v) is 4.37. The molecule has 0 amide bonds. The van der Waals surface area contributed by atoms with E-state index in [4.69, 9.17) is 10.5 Å². The van der Waals surface area contributed by atoms with E-state index in [9.17, 15) is 13.2 Å². The topological polar surface area (TPSA) is 35.2 Å². The quantitative estimate of drug-likeness (QED) is 0.846. The summed E-state index contributed by atoms with van der Waals surface area (Å²) in [6, 6.07) is 4.38. The van der Waals surface area contributed by atoms with E-state index in [1.54, 1.807) is 0 Å². The summed E-state index contributed by atoms with van der Waals surface area (Å²) in [4.78, 5) is 0. The number of hydrogen-bond acceptors (Lipinski definition) is 2. The van der Waals surface area contributed by atoms with Gasteiger partial charge in [0.05, 0.1) is 18.2 Å². The lowest BCUT2D eigenvalue weighted by Gasteiger charge is -2.12. The van der Waals surface area contributed by atoms with E-state index in [1.165, 1.54) is 19.2 Å². The molecule has 0 aliphatic heterocycles. The number of ether oxygens (including phenoxy) is 1. The van der Waals surface area contributed by atoms with Gasteiger partial charge in [0, 0.05) is 7.11 Å². The van der Waals surface area contributed by atoms with Gasteiger partial charge in [-0.05, 0) is 17.7 Å². The van der Waals surface area contributed by atoms with Crippen molar-refractivity contribution in [3.05, 3.63) is 35.4 Å². The predicted octanol–water partition coefficient (Wildman–Crippen LogP) is 2.35. The highest BCUT2D eigenvalue weighted by Crippen LogP contribution is 2.29. The van der Waals surface area contributed by atoms with Crippen LogP contribution in [0.15, 0.2) is 24.3 Å². The molecule has 0 aliphatic carbocycles. The Hall–Kier alpha value is -1.07. The second-order valence-corrected chi connectivity index (χ2v) is 3.18. The average Bonchev–Trinajstić information content (AvgIpc) is 2.17. The van der Waals surface area contributed by atoms with Crippen molar-refractivity contribution in [2.24, 2.45) is 5.73 Å². The monoisotopic (exact) mass is 219 g/mol. The Morgan fingerprint density at radius 2 is 1.80 bits per heavy atom. The molecule has 84 valence electrons. The molecule has 0 saturated carbocycles. The van der Waals surface area contributed by atoms with Gasteiger partial charge in [0.1, 0.15) is 0 Å². The van der Waals surface area contributed by atoms with Crippen molar-refractivity contribution in [2.75, 3.05) is 13.7 Å². The third kappa shape index (κ3) is 3.21. The van der Waals surface area contributed by atoms with Gasteiger partial charge in [0.15, 0.2) is 0 Å². The Morgan fingerprint density at radius 1 is 1.27 bits per heavy atom. The summed E-state index contributed by atoms with van der Waals surface area (Å²) in [6.07, 6.45) is -4.30. The van der Waals surface area contributed by atoms with Gasteiger partial charge in [-0.15, -0.1) is 0 Å². The van der Waals surface area contributed by atoms with Gasteiger partial charge in [-0.2, -0.15) is 13.2 Å². The van der Waals surface area contributed by atoms with Crippen LogP contribution in [0.3, 0.4) is 0 Å². The first-order chi connectivity index (χ1) is 6.95. The van der Waals surface area contributed by atoms with Gasteiger partial charge in [-0.3, -0.25) is 0 Å². The Bertz CT molecular complexity index is 307. The number of rotatable bonds is 3. The predicted molar refractivity (Wildman–Crippen MR) is 50.2 cm³/mol. The number of methoxy groups -OCH3 is 1. The van der Waals surface area contributed by atoms with E-state index in [0.29, 0.717) is 5.56 Å². The SMILES string of the molecule is COC[C@H](N)c1ccc(C(F)(F)F)cc1. The normalized spacial score (nSPS) is 13.9. The molecule has 0 saturated heterocycles. The summed E-state index contributed by atoms with van der Waals surface area (Å²) in [5, 5.41) is 0. The van der Waals surface area contributed by atoms with Crippen molar-refractivity contribution in [1.82, 2.24) is 0 Å². The molecule has 2 N–H and O–H groups in total. The second kappa shape index (κ2) is 4.63. The molecule has 1 aromatic rings. The van der Waals surface area contributed by atoms with Crippen molar-refractivity contribution in [1.29, 1.82) is 0 Å². The van der Waals surface area contributed by atoms with E-state index in [2.05, 4.69) is 0 Å². The number of hydrogen-bond donors (Lipinski definition) is 1. The van der Waals surface area contributed by atoms with E-state index in [1.807, 2.05) is 0 Å². The third-order valence-electron chi connectivity index (χ3n) is 2.01. The highest BCUT2D eigenvalue weighted by Gasteiger charge is 2.30. The Balaban J connectivity index is 2.81. The van der Waals surface area contributed by atoms with Gasteiger partial charge in [0.2, 0.25) is 0 Å². The Morgan fingerprint density at radius 3 is 2.20 bits per heavy atom. The molecular formula is C10H12F3NO. The standard InChI is InChI=1S/C10H12F3NO/c1-15-6-9(14)7-2-4-8(5-3-7)10(11,12)13/h2-5,9H,6,14H2,1H3/t9-/m0/s1. The molecule has 0 radical (unpaired) electrons. The van der Waals surface area contributed by atoms with Crippen molar-refractivity contribution in [3.8, 4) is 0 Å². The molecule has 15 heavy (non-hydrogen) atoms. The van der Waals surface area contributed by atoms with Crippen LogP contribution in [0.25, 0.3) is 0 Å². The molecule has 1 rings (SSSR count). The lowest BCUT2D eigenvalue weighted by atomic mass is 10.1. The van der Waals surface area contributed by atoms with Crippen molar-refractivity contribution >= 4 is 0 Å². The van der Waals surface area contributed by atoms with Crippen LogP contribution in [-0.2, 0) is 10.9 Å². The van der Waals surface area contributed by atoms with Crippen LogP contribution in [0.4, 0.5) is 13.2 Å². The molecule has 1 atom stereocenters. The lowest BCUT2D eigenvalue weighted by Crippen LogP contribution is -2.16. The van der Waals surface area contributed by atoms with Crippen LogP contribution in [0, 0.1) is 0 Å². The third-order valence-corrected chi connectivity index (χ3v) is 2.01. The number of benzene rings is 1. The average molecular weight is 219 g/mol. The molecule has 1 aromatic carbocycles. The van der Waals surface area contributed by atoms with E-state index in [-0.39, 0.29) is 6.61 Å². The molecule has 2 nitrogen and oxygen atoms in total. The van der Waals surface area contributed by atoms with E-state index >= 15 is 0 Å². The minimum atomic E-state index is -4.30. The molecular weight excluding hydrogens is 207 g/mol. The highest BCUT2D eigenvalue weighted by molar-refractivity contribution is 5.26. The zero-order valence-corrected chi connectivity index (χ0v) is 8.21. The van der Waals surface area contributed by atoms with Crippen LogP contribution in [0.5, 0.6) is 0 Å². The molecule has 0 bridgehead atoms. The van der Waals surface area contributed by atoms with Crippen molar-refractivity contribution < 1.29 is 17.9 Å². The summed E-state index contributed by atoms with van der Waals surface area (Å²) in [5.74, 6) is 0. The first kappa shape index (κ1) is 12.0. The number of nitrogens with two attached hydrogens (primary N) is 1. The number of alkyl halides is 3. The summed E-state index contributed by atoms with van der Waals surface area (Å²) in [7, 11) is 1.49. The van der Waals surface area contributed by atoms with E-state index in [0.717, 1.165) is 12.1 Å². The summed E-state index contributed by atoms with van der Waals surface area (Å²) < 4.78 is 41.4. The van der Waals surface area contributed by atoms with Crippen LogP contribution < -0.4 is 5.73 Å². The van der Waals surface area contributed by atoms with Crippen LogP contribution in [0.1, 0.15) is 17.2 Å². The van der Waals surface area contributed by atoms with Gasteiger partial charge >= 0.3 is 6.18 Å². The molecule has 0 spiro atoms. The fourth-order valence-corrected chi connectivity index (χ4v) is 1.20. The van der Waals surface area contributed by atoms with Crippen LogP contribution in [0.2, 0.25) is 0 Å². The molecule has 0 unspecified atom stereocenters. The largest absolute Gasteiger partial charge is 0.416 e. The Kier molecular flexibility index (Phi) is 3.71. The van der Waals surface area contributed by atoms with Crippen LogP contribution >= 0.6 is 0 Å². The molecule has 0 fully saturated rings. The minimum Gasteiger partial charge on any atom is -0.383 e. The second-order valence-electron chi connectivity index (χ2n) is 3.18. The van der Waals surface area contributed by atoms with Gasteiger partial charge < -0.3 is 10.5 Å². The highest BCUT2D eigenvalue weighted by atomic mass is 19.4. The van der Waals surface area contributed by atoms with Crippen molar-refractivity contribution in [2.45, 2.75) is 12.2 Å². The number of halogens is 3. The smallest absolute Gasteiger partial charge is 0.383 e. The van der Waals surface area contributed by atoms with Crippen molar-refractivity contribution in [3.63, 3.8) is 0 Å². The van der Waals surface area contributed by atoms with E-state index < -0.39 is 17.8 Å². The summed E-state index contributed by atoms with van der Waals surface area (Å²) in [5.41, 5.74) is 5.62. The molecule has 0 aliphatic rings. The van der Waals surface area contributed by atoms with Crippen LogP contribution in [-0.4, -0.2) is 13.7 Å². The maximum absolute atomic E-state index is 12.2. The molecule has 0 aromatic heterocycles. The zero-order chi connectivity index (χ0) is 11.5.